The molecule has 3 aromatic carbocycles. The number of hydrazine groups is 1. The number of carbonyl (C=O) groups excluding carboxylic acids is 3. The molecular weight excluding hydrogens is 468 g/mol. The minimum absolute atomic E-state index is 0.0830. The Labute approximate surface area is 205 Å². The summed E-state index contributed by atoms with van der Waals surface area (Å²) in [7, 11) is 2.95. The van der Waals surface area contributed by atoms with E-state index in [1.54, 1.807) is 48.5 Å². The van der Waals surface area contributed by atoms with Crippen LogP contribution in [0.15, 0.2) is 78.5 Å². The molecular formula is C25H22N4O7. The maximum absolute atomic E-state index is 12.9. The van der Waals surface area contributed by atoms with Crippen molar-refractivity contribution in [1.82, 2.24) is 16.2 Å². The van der Waals surface area contributed by atoms with Gasteiger partial charge in [-0.05, 0) is 48.0 Å². The number of benzene rings is 3. The molecule has 36 heavy (non-hydrogen) atoms. The first-order valence-corrected chi connectivity index (χ1v) is 10.5. The van der Waals surface area contributed by atoms with Gasteiger partial charge in [0.25, 0.3) is 23.4 Å². The van der Waals surface area contributed by atoms with Crippen LogP contribution in [0.3, 0.4) is 0 Å². The van der Waals surface area contributed by atoms with Crippen LogP contribution in [-0.2, 0) is 4.79 Å². The number of nitrogens with zero attached hydrogens (tertiary/aromatic N) is 1. The Balaban J connectivity index is 1.82. The minimum Gasteiger partial charge on any atom is -0.493 e. The summed E-state index contributed by atoms with van der Waals surface area (Å²) in [6.45, 7) is 0. The van der Waals surface area contributed by atoms with E-state index in [2.05, 4.69) is 16.2 Å². The summed E-state index contributed by atoms with van der Waals surface area (Å²) in [4.78, 5) is 48.2. The molecule has 0 heterocycles. The number of ether oxygens (including phenoxy) is 2. The molecule has 3 amide bonds. The summed E-state index contributed by atoms with van der Waals surface area (Å²) >= 11 is 0. The van der Waals surface area contributed by atoms with Crippen LogP contribution in [0.2, 0.25) is 0 Å². The molecule has 0 fully saturated rings. The van der Waals surface area contributed by atoms with Crippen molar-refractivity contribution in [1.29, 1.82) is 0 Å². The van der Waals surface area contributed by atoms with Crippen LogP contribution >= 0.6 is 0 Å². The Morgan fingerprint density at radius 1 is 0.806 bits per heavy atom. The fourth-order valence-electron chi connectivity index (χ4n) is 3.04. The highest BCUT2D eigenvalue weighted by Gasteiger charge is 2.17. The second-order valence-electron chi connectivity index (χ2n) is 7.20. The molecule has 11 heteroatoms. The van der Waals surface area contributed by atoms with Gasteiger partial charge in [-0.3, -0.25) is 35.3 Å². The monoisotopic (exact) mass is 490 g/mol. The first kappa shape index (κ1) is 25.4. The van der Waals surface area contributed by atoms with Crippen LogP contribution < -0.4 is 25.6 Å². The van der Waals surface area contributed by atoms with Crippen molar-refractivity contribution in [2.45, 2.75) is 0 Å². The number of methoxy groups -OCH3 is 2. The fraction of sp³-hybridized carbons (Fsp3) is 0.0800. The van der Waals surface area contributed by atoms with E-state index in [9.17, 15) is 24.5 Å². The zero-order chi connectivity index (χ0) is 26.1. The molecule has 0 aromatic heterocycles. The van der Waals surface area contributed by atoms with E-state index in [0.717, 1.165) is 0 Å². The lowest BCUT2D eigenvalue weighted by atomic mass is 10.1. The van der Waals surface area contributed by atoms with Gasteiger partial charge in [-0.15, -0.1) is 0 Å². The summed E-state index contributed by atoms with van der Waals surface area (Å²) in [5, 5.41) is 13.3. The van der Waals surface area contributed by atoms with Gasteiger partial charge in [0.2, 0.25) is 0 Å². The number of amides is 3. The molecule has 3 aromatic rings. The maximum Gasteiger partial charge on any atom is 0.286 e. The molecule has 0 spiro atoms. The number of nitro benzene ring substituents is 1. The van der Waals surface area contributed by atoms with E-state index in [0.29, 0.717) is 22.6 Å². The molecule has 11 nitrogen and oxygen atoms in total. The first-order valence-electron chi connectivity index (χ1n) is 10.5. The van der Waals surface area contributed by atoms with Gasteiger partial charge < -0.3 is 14.8 Å². The third-order valence-corrected chi connectivity index (χ3v) is 4.88. The molecule has 3 rings (SSSR count). The summed E-state index contributed by atoms with van der Waals surface area (Å²) in [6, 6.07) is 18.0. The quantitative estimate of drug-likeness (QED) is 0.250. The molecule has 0 unspecified atom stereocenters. The van der Waals surface area contributed by atoms with Crippen LogP contribution in [0.5, 0.6) is 11.5 Å². The highest BCUT2D eigenvalue weighted by Crippen LogP contribution is 2.28. The van der Waals surface area contributed by atoms with Gasteiger partial charge in [-0.2, -0.15) is 0 Å². The van der Waals surface area contributed by atoms with Crippen molar-refractivity contribution < 1.29 is 28.8 Å². The van der Waals surface area contributed by atoms with Crippen LogP contribution in [0.1, 0.15) is 26.3 Å². The zero-order valence-electron chi connectivity index (χ0n) is 19.3. The van der Waals surface area contributed by atoms with E-state index in [4.69, 9.17) is 9.47 Å². The van der Waals surface area contributed by atoms with Crippen molar-refractivity contribution in [3.05, 3.63) is 105 Å². The summed E-state index contributed by atoms with van der Waals surface area (Å²) in [5.41, 5.74) is 5.02. The second-order valence-corrected chi connectivity index (χ2v) is 7.20. The number of rotatable bonds is 8. The average molecular weight is 490 g/mol. The van der Waals surface area contributed by atoms with Gasteiger partial charge in [-0.25, -0.2) is 0 Å². The van der Waals surface area contributed by atoms with E-state index < -0.39 is 22.6 Å². The van der Waals surface area contributed by atoms with Crippen molar-refractivity contribution in [2.24, 2.45) is 0 Å². The lowest BCUT2D eigenvalue weighted by Gasteiger charge is -2.13. The maximum atomic E-state index is 12.9. The average Bonchev–Trinajstić information content (AvgIpc) is 2.91. The number of nitrogens with one attached hydrogen (secondary N) is 3. The zero-order valence-corrected chi connectivity index (χ0v) is 19.3. The third kappa shape index (κ3) is 6.44. The lowest BCUT2D eigenvalue weighted by molar-refractivity contribution is -0.384. The van der Waals surface area contributed by atoms with Gasteiger partial charge in [0.1, 0.15) is 5.70 Å². The standard InChI is InChI=1S/C25H22N4O7/c1-35-21-13-8-16(15-22(21)36-2)14-20(26-23(30)17-6-4-3-5-7-17)25(32)28-27-24(31)18-9-11-19(12-10-18)29(33)34/h3-15H,1-2H3,(H,26,30)(H,27,31)(H,28,32)/b20-14-. The second kappa shape index (κ2) is 11.8. The lowest BCUT2D eigenvalue weighted by Crippen LogP contribution is -2.45. The molecule has 0 aliphatic rings. The van der Waals surface area contributed by atoms with Gasteiger partial charge in [0, 0.05) is 23.3 Å². The van der Waals surface area contributed by atoms with E-state index in [1.807, 2.05) is 0 Å². The minimum atomic E-state index is -0.815. The molecule has 0 saturated heterocycles. The van der Waals surface area contributed by atoms with E-state index in [-0.39, 0.29) is 16.9 Å². The fourth-order valence-corrected chi connectivity index (χ4v) is 3.04. The number of hydrogen-bond acceptors (Lipinski definition) is 7. The summed E-state index contributed by atoms with van der Waals surface area (Å²) < 4.78 is 10.5. The molecule has 3 N–H and O–H groups in total. The Bertz CT molecular complexity index is 1310. The SMILES string of the molecule is COc1ccc(/C=C(\NC(=O)c2ccccc2)C(=O)NNC(=O)c2ccc([N+](=O)[O-])cc2)cc1OC. The number of carbonyl (C=O) groups is 3. The molecule has 0 radical (unpaired) electrons. The number of non-ortho nitro benzene ring substituents is 1. The Morgan fingerprint density at radius 3 is 2.06 bits per heavy atom. The van der Waals surface area contributed by atoms with E-state index >= 15 is 0 Å². The van der Waals surface area contributed by atoms with Crippen molar-refractivity contribution in [3.8, 4) is 11.5 Å². The van der Waals surface area contributed by atoms with Crippen LogP contribution in [-0.4, -0.2) is 36.9 Å². The first-order chi connectivity index (χ1) is 17.3. The molecule has 184 valence electrons. The van der Waals surface area contributed by atoms with Gasteiger partial charge in [0.05, 0.1) is 19.1 Å². The Kier molecular flexibility index (Phi) is 8.33. The Hall–Kier alpha value is -5.19. The number of hydrogen-bond donors (Lipinski definition) is 3. The highest BCUT2D eigenvalue weighted by atomic mass is 16.6. The summed E-state index contributed by atoms with van der Waals surface area (Å²) in [5.74, 6) is -1.18. The molecule has 0 saturated carbocycles. The predicted octanol–water partition coefficient (Wildman–Crippen LogP) is 2.84. The predicted molar refractivity (Wildman–Crippen MR) is 130 cm³/mol. The third-order valence-electron chi connectivity index (χ3n) is 4.88. The van der Waals surface area contributed by atoms with Gasteiger partial charge in [-0.1, -0.05) is 24.3 Å². The van der Waals surface area contributed by atoms with Gasteiger partial charge in [0.15, 0.2) is 11.5 Å². The van der Waals surface area contributed by atoms with Crippen molar-refractivity contribution in [3.63, 3.8) is 0 Å². The largest absolute Gasteiger partial charge is 0.493 e. The van der Waals surface area contributed by atoms with Crippen LogP contribution in [0, 0.1) is 10.1 Å². The highest BCUT2D eigenvalue weighted by molar-refractivity contribution is 6.06. The molecule has 0 aliphatic heterocycles. The van der Waals surface area contributed by atoms with Crippen molar-refractivity contribution in [2.75, 3.05) is 14.2 Å². The summed E-state index contributed by atoms with van der Waals surface area (Å²) in [6.07, 6.45) is 1.40. The number of nitro groups is 1. The molecule has 0 atom stereocenters. The van der Waals surface area contributed by atoms with Crippen LogP contribution in [0.4, 0.5) is 5.69 Å². The normalized spacial score (nSPS) is 10.7. The topological polar surface area (TPSA) is 149 Å². The van der Waals surface area contributed by atoms with E-state index in [1.165, 1.54) is 44.6 Å². The smallest absolute Gasteiger partial charge is 0.286 e. The molecule has 0 aliphatic carbocycles. The molecule has 0 bridgehead atoms. The Morgan fingerprint density at radius 2 is 1.44 bits per heavy atom. The van der Waals surface area contributed by atoms with Crippen LogP contribution in [0.25, 0.3) is 6.08 Å². The van der Waals surface area contributed by atoms with Gasteiger partial charge >= 0.3 is 0 Å². The van der Waals surface area contributed by atoms with Crippen molar-refractivity contribution >= 4 is 29.5 Å².